The zero-order valence-corrected chi connectivity index (χ0v) is 7.82. The minimum atomic E-state index is -2.54. The van der Waals surface area contributed by atoms with Gasteiger partial charge in [0, 0.05) is 5.92 Å². The van der Waals surface area contributed by atoms with Gasteiger partial charge in [0.1, 0.15) is 0 Å². The molecule has 12 heavy (non-hydrogen) atoms. The Morgan fingerprint density at radius 2 is 1.75 bits per heavy atom. The third kappa shape index (κ3) is 3.15. The number of carbonyl (C=O) groups excluding carboxylic acids is 1. The second-order valence-corrected chi connectivity index (χ2v) is 3.67. The normalized spacial score (nSPS) is 12.3. The average molecular weight is 179 g/mol. The third-order valence-electron chi connectivity index (χ3n) is 1.52. The van der Waals surface area contributed by atoms with E-state index in [2.05, 4.69) is 5.32 Å². The molecule has 0 rings (SSSR count). The lowest BCUT2D eigenvalue weighted by atomic mass is 10.1. The van der Waals surface area contributed by atoms with Crippen LogP contribution in [0.3, 0.4) is 0 Å². The molecule has 2 nitrogen and oxygen atoms in total. The number of alkyl halides is 2. The molecular formula is C8H15F2NO. The van der Waals surface area contributed by atoms with Crippen molar-refractivity contribution in [2.75, 3.05) is 0 Å². The molecule has 0 aromatic carbocycles. The zero-order valence-electron chi connectivity index (χ0n) is 7.82. The van der Waals surface area contributed by atoms with E-state index in [1.165, 1.54) is 13.8 Å². The van der Waals surface area contributed by atoms with E-state index in [1.807, 2.05) is 0 Å². The van der Waals surface area contributed by atoms with E-state index in [-0.39, 0.29) is 11.8 Å². The number of nitrogens with one attached hydrogen (secondary N) is 1. The van der Waals surface area contributed by atoms with Crippen LogP contribution in [-0.4, -0.2) is 17.9 Å². The Bertz CT molecular complexity index is 166. The summed E-state index contributed by atoms with van der Waals surface area (Å²) in [6.45, 7) is 5.93. The van der Waals surface area contributed by atoms with Crippen molar-refractivity contribution in [2.45, 2.75) is 39.7 Å². The van der Waals surface area contributed by atoms with Gasteiger partial charge < -0.3 is 5.32 Å². The highest BCUT2D eigenvalue weighted by molar-refractivity contribution is 5.78. The monoisotopic (exact) mass is 179 g/mol. The fraction of sp³-hybridized carbons (Fsp3) is 0.875. The first kappa shape index (κ1) is 11.3. The predicted octanol–water partition coefficient (Wildman–Crippen LogP) is 1.80. The van der Waals surface area contributed by atoms with E-state index >= 15 is 0 Å². The van der Waals surface area contributed by atoms with E-state index < -0.39 is 12.0 Å². The zero-order chi connectivity index (χ0) is 9.94. The number of rotatable bonds is 3. The summed E-state index contributed by atoms with van der Waals surface area (Å²) in [4.78, 5) is 11.0. The number of hydrogen-bond acceptors (Lipinski definition) is 1. The molecule has 0 aliphatic rings. The summed E-state index contributed by atoms with van der Waals surface area (Å²) < 4.78 is 24.4. The molecule has 0 aromatic rings. The van der Waals surface area contributed by atoms with Gasteiger partial charge in [-0.2, -0.15) is 0 Å². The topological polar surface area (TPSA) is 29.1 Å². The molecule has 0 aliphatic carbocycles. The Morgan fingerprint density at radius 3 is 2.00 bits per heavy atom. The molecule has 0 radical (unpaired) electrons. The largest absolute Gasteiger partial charge is 0.345 e. The average Bonchev–Trinajstić information content (AvgIpc) is 1.85. The Kier molecular flexibility index (Phi) is 3.61. The Morgan fingerprint density at radius 1 is 1.33 bits per heavy atom. The Balaban J connectivity index is 4.15. The molecule has 0 heterocycles. The minimum absolute atomic E-state index is 0.261. The van der Waals surface area contributed by atoms with Gasteiger partial charge in [-0.25, -0.2) is 8.78 Å². The molecule has 0 atom stereocenters. The molecule has 0 spiro atoms. The van der Waals surface area contributed by atoms with Crippen LogP contribution in [0.2, 0.25) is 0 Å². The summed E-state index contributed by atoms with van der Waals surface area (Å²) in [6.07, 6.45) is -2.54. The van der Waals surface area contributed by atoms with Gasteiger partial charge in [0.2, 0.25) is 5.91 Å². The van der Waals surface area contributed by atoms with Crippen LogP contribution in [0, 0.1) is 5.92 Å². The molecule has 0 fully saturated rings. The van der Waals surface area contributed by atoms with Crippen LogP contribution in [0.5, 0.6) is 0 Å². The number of hydrogen-bond donors (Lipinski definition) is 1. The van der Waals surface area contributed by atoms with Gasteiger partial charge in [-0.15, -0.1) is 0 Å². The number of halogens is 2. The summed E-state index contributed by atoms with van der Waals surface area (Å²) in [7, 11) is 0. The molecule has 0 bridgehead atoms. The van der Waals surface area contributed by atoms with Gasteiger partial charge in [0.15, 0.2) is 0 Å². The smallest absolute Gasteiger partial charge is 0.260 e. The maximum Gasteiger partial charge on any atom is 0.260 e. The highest BCUT2D eigenvalue weighted by Gasteiger charge is 2.31. The molecule has 0 aliphatic heterocycles. The van der Waals surface area contributed by atoms with Crippen molar-refractivity contribution in [1.29, 1.82) is 0 Å². The maximum atomic E-state index is 12.2. The van der Waals surface area contributed by atoms with Crippen LogP contribution < -0.4 is 5.32 Å². The first-order valence-electron chi connectivity index (χ1n) is 3.87. The molecule has 1 amide bonds. The molecule has 1 N–H and O–H groups in total. The van der Waals surface area contributed by atoms with Crippen molar-refractivity contribution >= 4 is 5.91 Å². The predicted molar refractivity (Wildman–Crippen MR) is 43.1 cm³/mol. The van der Waals surface area contributed by atoms with Gasteiger partial charge >= 0.3 is 0 Å². The molecular weight excluding hydrogens is 164 g/mol. The highest BCUT2D eigenvalue weighted by atomic mass is 19.3. The number of carbonyl (C=O) groups is 1. The van der Waals surface area contributed by atoms with Crippen LogP contribution in [0.25, 0.3) is 0 Å². The maximum absolute atomic E-state index is 12.2. The lowest BCUT2D eigenvalue weighted by Crippen LogP contribution is -2.50. The molecule has 4 heteroatoms. The van der Waals surface area contributed by atoms with Gasteiger partial charge in [-0.1, -0.05) is 13.8 Å². The summed E-state index contributed by atoms with van der Waals surface area (Å²) >= 11 is 0. The van der Waals surface area contributed by atoms with Gasteiger partial charge in [0.05, 0.1) is 5.54 Å². The van der Waals surface area contributed by atoms with Crippen molar-refractivity contribution in [3.63, 3.8) is 0 Å². The summed E-state index contributed by atoms with van der Waals surface area (Å²) in [5.41, 5.74) is -1.43. The van der Waals surface area contributed by atoms with E-state index in [0.29, 0.717) is 0 Å². The minimum Gasteiger partial charge on any atom is -0.345 e. The standard InChI is InChI=1S/C8H15F2NO/c1-5(2)6(12)11-8(3,4)7(9)10/h5,7H,1-4H3,(H,11,12). The van der Waals surface area contributed by atoms with Crippen molar-refractivity contribution in [1.82, 2.24) is 5.32 Å². The van der Waals surface area contributed by atoms with Crippen LogP contribution in [0.1, 0.15) is 27.7 Å². The fourth-order valence-electron chi connectivity index (χ4n) is 0.516. The second-order valence-electron chi connectivity index (χ2n) is 3.67. The molecule has 0 saturated heterocycles. The van der Waals surface area contributed by atoms with E-state index in [9.17, 15) is 13.6 Å². The lowest BCUT2D eigenvalue weighted by molar-refractivity contribution is -0.127. The first-order valence-corrected chi connectivity index (χ1v) is 3.87. The molecule has 72 valence electrons. The summed E-state index contributed by atoms with van der Waals surface area (Å²) in [5.74, 6) is -0.608. The van der Waals surface area contributed by atoms with Crippen molar-refractivity contribution in [3.05, 3.63) is 0 Å². The van der Waals surface area contributed by atoms with Crippen LogP contribution >= 0.6 is 0 Å². The third-order valence-corrected chi connectivity index (χ3v) is 1.52. The molecule has 0 aromatic heterocycles. The Hall–Kier alpha value is -0.670. The van der Waals surface area contributed by atoms with Crippen molar-refractivity contribution in [3.8, 4) is 0 Å². The lowest BCUT2D eigenvalue weighted by Gasteiger charge is -2.26. The highest BCUT2D eigenvalue weighted by Crippen LogP contribution is 2.14. The van der Waals surface area contributed by atoms with Gasteiger partial charge in [-0.05, 0) is 13.8 Å². The fourth-order valence-corrected chi connectivity index (χ4v) is 0.516. The van der Waals surface area contributed by atoms with Crippen LogP contribution in [-0.2, 0) is 4.79 Å². The SMILES string of the molecule is CC(C)C(=O)NC(C)(C)C(F)F. The van der Waals surface area contributed by atoms with Crippen molar-refractivity contribution in [2.24, 2.45) is 5.92 Å². The first-order chi connectivity index (χ1) is 5.27. The second kappa shape index (κ2) is 3.83. The van der Waals surface area contributed by atoms with Crippen LogP contribution in [0.15, 0.2) is 0 Å². The van der Waals surface area contributed by atoms with Crippen molar-refractivity contribution < 1.29 is 13.6 Å². The van der Waals surface area contributed by atoms with E-state index in [0.717, 1.165) is 0 Å². The van der Waals surface area contributed by atoms with E-state index in [4.69, 9.17) is 0 Å². The quantitative estimate of drug-likeness (QED) is 0.703. The van der Waals surface area contributed by atoms with Gasteiger partial charge in [0.25, 0.3) is 6.43 Å². The molecule has 0 saturated carbocycles. The number of amides is 1. The van der Waals surface area contributed by atoms with Gasteiger partial charge in [-0.3, -0.25) is 4.79 Å². The molecule has 0 unspecified atom stereocenters. The Labute approximate surface area is 71.3 Å². The summed E-state index contributed by atoms with van der Waals surface area (Å²) in [5, 5.41) is 2.27. The van der Waals surface area contributed by atoms with Crippen LogP contribution in [0.4, 0.5) is 8.78 Å². The van der Waals surface area contributed by atoms with E-state index in [1.54, 1.807) is 13.8 Å². The summed E-state index contributed by atoms with van der Waals surface area (Å²) in [6, 6.07) is 0.